The van der Waals surface area contributed by atoms with Gasteiger partial charge < -0.3 is 25.0 Å². The third kappa shape index (κ3) is 7.40. The van der Waals surface area contributed by atoms with E-state index in [2.05, 4.69) is 15.6 Å². The molecule has 2 rings (SSSR count). The van der Waals surface area contributed by atoms with Gasteiger partial charge in [-0.05, 0) is 42.3 Å². The van der Waals surface area contributed by atoms with Gasteiger partial charge in [0.1, 0.15) is 0 Å². The van der Waals surface area contributed by atoms with Crippen LogP contribution in [0.15, 0.2) is 47.5 Å². The average Bonchev–Trinajstić information content (AvgIpc) is 2.75. The molecule has 0 fully saturated rings. The molecule has 0 heterocycles. The molecule has 30 heavy (non-hydrogen) atoms. The topological polar surface area (TPSA) is 75.2 Å². The molecule has 7 nitrogen and oxygen atoms in total. The zero-order valence-electron chi connectivity index (χ0n) is 18.2. The van der Waals surface area contributed by atoms with Crippen molar-refractivity contribution in [2.45, 2.75) is 20.0 Å². The molecule has 0 bridgehead atoms. The molecule has 0 spiro atoms. The van der Waals surface area contributed by atoms with E-state index in [1.54, 1.807) is 33.2 Å². The number of guanidine groups is 1. The van der Waals surface area contributed by atoms with Crippen molar-refractivity contribution >= 4 is 35.8 Å². The van der Waals surface area contributed by atoms with Gasteiger partial charge in [0.15, 0.2) is 17.5 Å². The van der Waals surface area contributed by atoms with Gasteiger partial charge in [0.2, 0.25) is 0 Å². The number of methoxy groups -OCH3 is 2. The summed E-state index contributed by atoms with van der Waals surface area (Å²) in [5.74, 6) is 2.09. The van der Waals surface area contributed by atoms with E-state index in [4.69, 9.17) is 9.47 Å². The Morgan fingerprint density at radius 1 is 0.967 bits per heavy atom. The number of rotatable bonds is 8. The maximum absolute atomic E-state index is 12.0. The summed E-state index contributed by atoms with van der Waals surface area (Å²) in [5.41, 5.74) is 2.76. The molecule has 2 N–H and O–H groups in total. The largest absolute Gasteiger partial charge is 0.493 e. The molecular formula is C22H31IN4O3. The smallest absolute Gasteiger partial charge is 0.253 e. The number of carbonyl (C=O) groups is 1. The van der Waals surface area contributed by atoms with E-state index in [1.807, 2.05) is 49.4 Å². The quantitative estimate of drug-likeness (QED) is 0.314. The molecule has 0 atom stereocenters. The van der Waals surface area contributed by atoms with Crippen LogP contribution in [0, 0.1) is 0 Å². The van der Waals surface area contributed by atoms with Gasteiger partial charge in [-0.2, -0.15) is 0 Å². The zero-order chi connectivity index (χ0) is 21.2. The second kappa shape index (κ2) is 12.9. The summed E-state index contributed by atoms with van der Waals surface area (Å²) in [6.07, 6.45) is 0. The van der Waals surface area contributed by atoms with Gasteiger partial charge >= 0.3 is 0 Å². The number of hydrogen-bond acceptors (Lipinski definition) is 4. The predicted octanol–water partition coefficient (Wildman–Crippen LogP) is 3.28. The van der Waals surface area contributed by atoms with Gasteiger partial charge in [-0.3, -0.25) is 4.79 Å². The van der Waals surface area contributed by atoms with E-state index in [0.29, 0.717) is 30.2 Å². The average molecular weight is 526 g/mol. The number of nitrogens with one attached hydrogen (secondary N) is 2. The Labute approximate surface area is 195 Å². The van der Waals surface area contributed by atoms with Crippen LogP contribution in [-0.4, -0.2) is 51.6 Å². The van der Waals surface area contributed by atoms with E-state index in [9.17, 15) is 4.79 Å². The first-order chi connectivity index (χ1) is 14.0. The molecular weight excluding hydrogens is 495 g/mol. The highest BCUT2D eigenvalue weighted by Gasteiger charge is 2.08. The standard InChI is InChI=1S/C22H30N4O3.HI/c1-6-23-22(25-15-17-9-12-19(28-4)20(13-17)29-5)24-14-16-7-10-18(11-8-16)21(27)26(2)3;/h7-13H,6,14-15H2,1-5H3,(H2,23,24,25);1H. The van der Waals surface area contributed by atoms with Crippen molar-refractivity contribution in [1.82, 2.24) is 15.5 Å². The van der Waals surface area contributed by atoms with Crippen LogP contribution >= 0.6 is 24.0 Å². The maximum atomic E-state index is 12.0. The molecule has 0 aliphatic carbocycles. The lowest BCUT2D eigenvalue weighted by Gasteiger charge is -2.13. The van der Waals surface area contributed by atoms with E-state index >= 15 is 0 Å². The Bertz CT molecular complexity index is 839. The Morgan fingerprint density at radius 2 is 1.60 bits per heavy atom. The highest BCUT2D eigenvalue weighted by Crippen LogP contribution is 2.27. The lowest BCUT2D eigenvalue weighted by molar-refractivity contribution is 0.0827. The van der Waals surface area contributed by atoms with E-state index in [-0.39, 0.29) is 29.9 Å². The van der Waals surface area contributed by atoms with Crippen molar-refractivity contribution in [3.8, 4) is 11.5 Å². The van der Waals surface area contributed by atoms with Crippen molar-refractivity contribution in [1.29, 1.82) is 0 Å². The van der Waals surface area contributed by atoms with E-state index < -0.39 is 0 Å². The van der Waals surface area contributed by atoms with Gasteiger partial charge in [-0.25, -0.2) is 4.99 Å². The molecule has 0 aliphatic rings. The molecule has 2 aromatic carbocycles. The minimum Gasteiger partial charge on any atom is -0.493 e. The SMILES string of the molecule is CCNC(=NCc1ccc(OC)c(OC)c1)NCc1ccc(C(=O)N(C)C)cc1.I. The van der Waals surface area contributed by atoms with Gasteiger partial charge in [0, 0.05) is 32.7 Å². The highest BCUT2D eigenvalue weighted by atomic mass is 127. The Morgan fingerprint density at radius 3 is 2.17 bits per heavy atom. The summed E-state index contributed by atoms with van der Waals surface area (Å²) in [7, 11) is 6.73. The number of hydrogen-bond donors (Lipinski definition) is 2. The minimum atomic E-state index is -0.00525. The summed E-state index contributed by atoms with van der Waals surface area (Å²) < 4.78 is 10.6. The molecule has 0 saturated carbocycles. The first kappa shape index (κ1) is 25.5. The van der Waals surface area contributed by atoms with Crippen LogP contribution < -0.4 is 20.1 Å². The van der Waals surface area contributed by atoms with E-state index in [1.165, 1.54) is 0 Å². The minimum absolute atomic E-state index is 0. The highest BCUT2D eigenvalue weighted by molar-refractivity contribution is 14.0. The normalized spacial score (nSPS) is 10.6. The van der Waals surface area contributed by atoms with Crippen LogP contribution in [0.25, 0.3) is 0 Å². The van der Waals surface area contributed by atoms with Crippen LogP contribution in [-0.2, 0) is 13.1 Å². The monoisotopic (exact) mass is 526 g/mol. The number of carbonyl (C=O) groups excluding carboxylic acids is 1. The van der Waals surface area contributed by atoms with Crippen LogP contribution in [0.4, 0.5) is 0 Å². The van der Waals surface area contributed by atoms with Crippen molar-refractivity contribution in [2.75, 3.05) is 34.9 Å². The molecule has 1 amide bonds. The number of nitrogens with zero attached hydrogens (tertiary/aromatic N) is 2. The van der Waals surface area contributed by atoms with Crippen molar-refractivity contribution in [3.05, 3.63) is 59.2 Å². The third-order valence-electron chi connectivity index (χ3n) is 4.28. The number of ether oxygens (including phenoxy) is 2. The molecule has 0 unspecified atom stereocenters. The fourth-order valence-electron chi connectivity index (χ4n) is 2.70. The fraction of sp³-hybridized carbons (Fsp3) is 0.364. The van der Waals surface area contributed by atoms with Crippen LogP contribution in [0.3, 0.4) is 0 Å². The molecule has 0 aliphatic heterocycles. The molecule has 0 saturated heterocycles. The van der Waals surface area contributed by atoms with Crippen LogP contribution in [0.2, 0.25) is 0 Å². The number of halogens is 1. The van der Waals surface area contributed by atoms with Crippen molar-refractivity contribution in [3.63, 3.8) is 0 Å². The zero-order valence-corrected chi connectivity index (χ0v) is 20.5. The summed E-state index contributed by atoms with van der Waals surface area (Å²) in [5, 5.41) is 6.56. The van der Waals surface area contributed by atoms with Crippen LogP contribution in [0.5, 0.6) is 11.5 Å². The molecule has 2 aromatic rings. The van der Waals surface area contributed by atoms with Crippen LogP contribution in [0.1, 0.15) is 28.4 Å². The summed E-state index contributed by atoms with van der Waals surface area (Å²) in [6, 6.07) is 13.3. The van der Waals surface area contributed by atoms with Gasteiger partial charge in [0.05, 0.1) is 20.8 Å². The van der Waals surface area contributed by atoms with E-state index in [0.717, 1.165) is 23.6 Å². The van der Waals surface area contributed by atoms with Crippen molar-refractivity contribution in [2.24, 2.45) is 4.99 Å². The Balaban J connectivity index is 0.00000450. The summed E-state index contributed by atoms with van der Waals surface area (Å²) in [4.78, 5) is 18.2. The molecule has 164 valence electrons. The fourth-order valence-corrected chi connectivity index (χ4v) is 2.70. The molecule has 0 radical (unpaired) electrons. The Kier molecular flexibility index (Phi) is 11.0. The Hall–Kier alpha value is -2.49. The second-order valence-corrected chi connectivity index (χ2v) is 6.63. The van der Waals surface area contributed by atoms with Crippen molar-refractivity contribution < 1.29 is 14.3 Å². The number of amides is 1. The summed E-state index contributed by atoms with van der Waals surface area (Å²) >= 11 is 0. The first-order valence-corrected chi connectivity index (χ1v) is 9.52. The number of benzene rings is 2. The first-order valence-electron chi connectivity index (χ1n) is 9.52. The maximum Gasteiger partial charge on any atom is 0.253 e. The summed E-state index contributed by atoms with van der Waals surface area (Å²) in [6.45, 7) is 3.89. The van der Waals surface area contributed by atoms with Gasteiger partial charge in [-0.1, -0.05) is 18.2 Å². The number of aliphatic imine (C=N–C) groups is 1. The lowest BCUT2D eigenvalue weighted by atomic mass is 10.1. The molecule has 0 aromatic heterocycles. The van der Waals surface area contributed by atoms with Gasteiger partial charge in [-0.15, -0.1) is 24.0 Å². The lowest BCUT2D eigenvalue weighted by Crippen LogP contribution is -2.36. The molecule has 8 heteroatoms. The predicted molar refractivity (Wildman–Crippen MR) is 131 cm³/mol. The third-order valence-corrected chi connectivity index (χ3v) is 4.28. The second-order valence-electron chi connectivity index (χ2n) is 6.63. The van der Waals surface area contributed by atoms with Gasteiger partial charge in [0.25, 0.3) is 5.91 Å².